The van der Waals surface area contributed by atoms with Gasteiger partial charge in [-0.05, 0) is 43.9 Å². The standard InChI is InChI=1S/C12H17O/c1-5-13-12-7-6-11(9(2)3)8-10(12)4/h6-9H,2,5H2,1,3-4H3. The van der Waals surface area contributed by atoms with E-state index in [1.54, 1.807) is 0 Å². The van der Waals surface area contributed by atoms with Crippen LogP contribution < -0.4 is 4.74 Å². The summed E-state index contributed by atoms with van der Waals surface area (Å²) < 4.78 is 5.45. The normalized spacial score (nSPS) is 10.5. The van der Waals surface area contributed by atoms with Gasteiger partial charge in [0, 0.05) is 0 Å². The molecule has 0 heterocycles. The molecule has 0 aliphatic heterocycles. The van der Waals surface area contributed by atoms with Gasteiger partial charge in [0.2, 0.25) is 0 Å². The van der Waals surface area contributed by atoms with E-state index in [-0.39, 0.29) is 0 Å². The molecule has 1 radical (unpaired) electrons. The van der Waals surface area contributed by atoms with E-state index >= 15 is 0 Å². The average Bonchev–Trinajstić information content (AvgIpc) is 2.08. The molecule has 1 aromatic carbocycles. The first-order valence-electron chi connectivity index (χ1n) is 4.71. The SMILES string of the molecule is [CH2]C(C)c1ccc(OCC)c(C)c1. The summed E-state index contributed by atoms with van der Waals surface area (Å²) in [5.41, 5.74) is 2.45. The molecule has 0 saturated heterocycles. The van der Waals surface area contributed by atoms with Gasteiger partial charge in [0.25, 0.3) is 0 Å². The third-order valence-corrected chi connectivity index (χ3v) is 2.07. The smallest absolute Gasteiger partial charge is 0.122 e. The Labute approximate surface area is 80.7 Å². The van der Waals surface area contributed by atoms with Crippen LogP contribution in [0.3, 0.4) is 0 Å². The van der Waals surface area contributed by atoms with Crippen molar-refractivity contribution in [2.45, 2.75) is 26.7 Å². The van der Waals surface area contributed by atoms with Crippen molar-refractivity contribution in [1.82, 2.24) is 0 Å². The van der Waals surface area contributed by atoms with Crippen LogP contribution in [0, 0.1) is 13.8 Å². The third kappa shape index (κ3) is 2.48. The molecule has 0 saturated carbocycles. The van der Waals surface area contributed by atoms with Gasteiger partial charge in [0.15, 0.2) is 0 Å². The van der Waals surface area contributed by atoms with Crippen molar-refractivity contribution in [3.8, 4) is 5.75 Å². The van der Waals surface area contributed by atoms with E-state index < -0.39 is 0 Å². The van der Waals surface area contributed by atoms with Crippen LogP contribution in [0.5, 0.6) is 5.75 Å². The lowest BCUT2D eigenvalue weighted by atomic mass is 10.0. The lowest BCUT2D eigenvalue weighted by molar-refractivity contribution is 0.338. The molecule has 0 fully saturated rings. The van der Waals surface area contributed by atoms with Crippen LogP contribution in [-0.2, 0) is 0 Å². The summed E-state index contributed by atoms with van der Waals surface area (Å²) in [5, 5.41) is 0. The second-order valence-electron chi connectivity index (χ2n) is 3.36. The fourth-order valence-electron chi connectivity index (χ4n) is 1.30. The molecule has 71 valence electrons. The van der Waals surface area contributed by atoms with Crippen molar-refractivity contribution >= 4 is 0 Å². The molecule has 13 heavy (non-hydrogen) atoms. The summed E-state index contributed by atoms with van der Waals surface area (Å²) in [4.78, 5) is 0. The van der Waals surface area contributed by atoms with E-state index in [0.29, 0.717) is 5.92 Å². The summed E-state index contributed by atoms with van der Waals surface area (Å²) in [7, 11) is 0. The molecule has 1 rings (SSSR count). The molecule has 0 amide bonds. The maximum Gasteiger partial charge on any atom is 0.122 e. The molecule has 0 spiro atoms. The minimum atomic E-state index is 0.342. The Balaban J connectivity index is 2.92. The van der Waals surface area contributed by atoms with Gasteiger partial charge in [-0.3, -0.25) is 0 Å². The molecule has 0 aromatic heterocycles. The monoisotopic (exact) mass is 177 g/mol. The molecular formula is C12H17O. The Kier molecular flexibility index (Phi) is 3.35. The second kappa shape index (κ2) is 4.31. The van der Waals surface area contributed by atoms with Crippen molar-refractivity contribution in [2.75, 3.05) is 6.61 Å². The van der Waals surface area contributed by atoms with Gasteiger partial charge in [-0.25, -0.2) is 0 Å². The molecule has 1 heteroatoms. The fourth-order valence-corrected chi connectivity index (χ4v) is 1.30. The molecule has 0 bridgehead atoms. The van der Waals surface area contributed by atoms with Crippen LogP contribution >= 0.6 is 0 Å². The number of hydrogen-bond donors (Lipinski definition) is 0. The van der Waals surface area contributed by atoms with E-state index in [9.17, 15) is 0 Å². The molecular weight excluding hydrogens is 160 g/mol. The van der Waals surface area contributed by atoms with Crippen LogP contribution in [0.1, 0.15) is 30.9 Å². The fraction of sp³-hybridized carbons (Fsp3) is 0.417. The zero-order chi connectivity index (χ0) is 9.84. The lowest BCUT2D eigenvalue weighted by Crippen LogP contribution is -1.95. The first kappa shape index (κ1) is 10.1. The van der Waals surface area contributed by atoms with Gasteiger partial charge in [-0.2, -0.15) is 0 Å². The summed E-state index contributed by atoms with van der Waals surface area (Å²) in [6.45, 7) is 10.9. The molecule has 1 atom stereocenters. The van der Waals surface area contributed by atoms with Crippen LogP contribution in [0.15, 0.2) is 18.2 Å². The zero-order valence-electron chi connectivity index (χ0n) is 8.63. The number of rotatable bonds is 3. The predicted molar refractivity (Wildman–Crippen MR) is 56.1 cm³/mol. The maximum absolute atomic E-state index is 5.45. The summed E-state index contributed by atoms with van der Waals surface area (Å²) in [5.74, 6) is 1.32. The minimum Gasteiger partial charge on any atom is -0.494 e. The highest BCUT2D eigenvalue weighted by molar-refractivity contribution is 5.37. The first-order valence-corrected chi connectivity index (χ1v) is 4.71. The van der Waals surface area contributed by atoms with Crippen molar-refractivity contribution in [1.29, 1.82) is 0 Å². The Morgan fingerprint density at radius 2 is 2.15 bits per heavy atom. The minimum absolute atomic E-state index is 0.342. The Morgan fingerprint density at radius 3 is 2.62 bits per heavy atom. The van der Waals surface area contributed by atoms with Gasteiger partial charge in [0.1, 0.15) is 5.75 Å². The molecule has 0 aliphatic carbocycles. The number of benzene rings is 1. The molecule has 1 unspecified atom stereocenters. The van der Waals surface area contributed by atoms with E-state index in [1.807, 2.05) is 13.0 Å². The highest BCUT2D eigenvalue weighted by atomic mass is 16.5. The summed E-state index contributed by atoms with van der Waals surface area (Å²) in [6, 6.07) is 6.24. The van der Waals surface area contributed by atoms with E-state index in [2.05, 4.69) is 32.9 Å². The van der Waals surface area contributed by atoms with Crippen molar-refractivity contribution in [3.05, 3.63) is 36.2 Å². The predicted octanol–water partition coefficient (Wildman–Crippen LogP) is 3.33. The van der Waals surface area contributed by atoms with Crippen LogP contribution in [-0.4, -0.2) is 6.61 Å². The van der Waals surface area contributed by atoms with Gasteiger partial charge in [0.05, 0.1) is 6.61 Å². The average molecular weight is 177 g/mol. The summed E-state index contributed by atoms with van der Waals surface area (Å²) >= 11 is 0. The Bertz CT molecular complexity index is 276. The van der Waals surface area contributed by atoms with Crippen LogP contribution in [0.4, 0.5) is 0 Å². The van der Waals surface area contributed by atoms with Crippen molar-refractivity contribution in [2.24, 2.45) is 0 Å². The van der Waals surface area contributed by atoms with Crippen LogP contribution in [0.25, 0.3) is 0 Å². The quantitative estimate of drug-likeness (QED) is 0.688. The van der Waals surface area contributed by atoms with Gasteiger partial charge in [-0.1, -0.05) is 19.1 Å². The van der Waals surface area contributed by atoms with E-state index in [4.69, 9.17) is 4.74 Å². The lowest BCUT2D eigenvalue weighted by Gasteiger charge is -2.10. The van der Waals surface area contributed by atoms with Gasteiger partial charge < -0.3 is 4.74 Å². The van der Waals surface area contributed by atoms with Gasteiger partial charge >= 0.3 is 0 Å². The third-order valence-electron chi connectivity index (χ3n) is 2.07. The Morgan fingerprint density at radius 1 is 1.46 bits per heavy atom. The number of aryl methyl sites for hydroxylation is 1. The topological polar surface area (TPSA) is 9.23 Å². The van der Waals surface area contributed by atoms with Crippen molar-refractivity contribution in [3.63, 3.8) is 0 Å². The van der Waals surface area contributed by atoms with Crippen LogP contribution in [0.2, 0.25) is 0 Å². The largest absolute Gasteiger partial charge is 0.494 e. The molecule has 1 nitrogen and oxygen atoms in total. The van der Waals surface area contributed by atoms with E-state index in [1.165, 1.54) is 11.1 Å². The van der Waals surface area contributed by atoms with Gasteiger partial charge in [-0.15, -0.1) is 0 Å². The molecule has 1 aromatic rings. The number of hydrogen-bond acceptors (Lipinski definition) is 1. The molecule has 0 N–H and O–H groups in total. The number of ether oxygens (including phenoxy) is 1. The highest BCUT2D eigenvalue weighted by Crippen LogP contribution is 2.23. The summed E-state index contributed by atoms with van der Waals surface area (Å²) in [6.07, 6.45) is 0. The Hall–Kier alpha value is -0.980. The molecule has 0 aliphatic rings. The van der Waals surface area contributed by atoms with Crippen molar-refractivity contribution < 1.29 is 4.74 Å². The maximum atomic E-state index is 5.45. The first-order chi connectivity index (χ1) is 6.15. The van der Waals surface area contributed by atoms with E-state index in [0.717, 1.165) is 12.4 Å². The zero-order valence-corrected chi connectivity index (χ0v) is 8.63. The second-order valence-corrected chi connectivity index (χ2v) is 3.36. The highest BCUT2D eigenvalue weighted by Gasteiger charge is 2.02.